The number of nitrogens with one attached hydrogen (secondary N) is 3. The zero-order valence-electron chi connectivity index (χ0n) is 15.3. The molecule has 3 N–H and O–H groups in total. The van der Waals surface area contributed by atoms with Crippen molar-refractivity contribution >= 4 is 38.6 Å². The minimum Gasteiger partial charge on any atom is -0.319 e. The van der Waals surface area contributed by atoms with Crippen LogP contribution in [0.3, 0.4) is 0 Å². The average Bonchev–Trinajstić information content (AvgIpc) is 3.41. The van der Waals surface area contributed by atoms with Gasteiger partial charge in [-0.2, -0.15) is 5.10 Å². The minimum absolute atomic E-state index is 0.0903. The molecule has 0 atom stereocenters. The molecule has 2 aromatic carbocycles. The van der Waals surface area contributed by atoms with Crippen molar-refractivity contribution in [3.05, 3.63) is 83.6 Å². The number of rotatable bonds is 6. The topological polar surface area (TPSA) is 104 Å². The van der Waals surface area contributed by atoms with Crippen LogP contribution in [-0.4, -0.2) is 24.5 Å². The van der Waals surface area contributed by atoms with E-state index in [-0.39, 0.29) is 16.5 Å². The van der Waals surface area contributed by atoms with Gasteiger partial charge < -0.3 is 5.32 Å². The summed E-state index contributed by atoms with van der Waals surface area (Å²) in [6.45, 7) is 0. The van der Waals surface area contributed by atoms with Crippen LogP contribution < -0.4 is 10.0 Å². The molecule has 0 bridgehead atoms. The van der Waals surface area contributed by atoms with Crippen molar-refractivity contribution in [1.82, 2.24) is 10.2 Å². The highest BCUT2D eigenvalue weighted by Crippen LogP contribution is 2.29. The zero-order valence-corrected chi connectivity index (χ0v) is 16.9. The number of aromatic nitrogens is 2. The minimum atomic E-state index is -3.95. The highest BCUT2D eigenvalue weighted by atomic mass is 32.2. The van der Waals surface area contributed by atoms with Gasteiger partial charge in [-0.15, -0.1) is 11.3 Å². The number of aromatic amines is 1. The molecule has 2 aromatic heterocycles. The van der Waals surface area contributed by atoms with Crippen LogP contribution in [0.25, 0.3) is 10.6 Å². The molecule has 10 heteroatoms. The molecule has 0 unspecified atom stereocenters. The Labute approximate surface area is 175 Å². The SMILES string of the molecule is O=C(Nc1ccccc1NS(=O)(=O)c1ccc(F)cc1)c1ccc(-c2ccn[nH]2)s1. The van der Waals surface area contributed by atoms with Crippen molar-refractivity contribution < 1.29 is 17.6 Å². The van der Waals surface area contributed by atoms with Crippen LogP contribution in [-0.2, 0) is 10.0 Å². The Kier molecular flexibility index (Phi) is 5.34. The van der Waals surface area contributed by atoms with E-state index in [0.717, 1.165) is 22.7 Å². The van der Waals surface area contributed by atoms with E-state index in [2.05, 4.69) is 20.2 Å². The number of nitrogens with zero attached hydrogens (tertiary/aromatic N) is 1. The van der Waals surface area contributed by atoms with Gasteiger partial charge in [-0.25, -0.2) is 12.8 Å². The normalized spacial score (nSPS) is 11.2. The second-order valence-corrected chi connectivity index (χ2v) is 8.96. The van der Waals surface area contributed by atoms with E-state index >= 15 is 0 Å². The number of sulfonamides is 1. The van der Waals surface area contributed by atoms with Gasteiger partial charge in [0.1, 0.15) is 5.82 Å². The largest absolute Gasteiger partial charge is 0.319 e. The lowest BCUT2D eigenvalue weighted by atomic mass is 10.2. The first-order valence-corrected chi connectivity index (χ1v) is 11.0. The van der Waals surface area contributed by atoms with Gasteiger partial charge in [0.15, 0.2) is 0 Å². The predicted molar refractivity (Wildman–Crippen MR) is 114 cm³/mol. The molecule has 0 aliphatic rings. The lowest BCUT2D eigenvalue weighted by molar-refractivity contribution is 0.103. The molecule has 7 nitrogen and oxygen atoms in total. The monoisotopic (exact) mass is 442 g/mol. The van der Waals surface area contributed by atoms with E-state index < -0.39 is 15.8 Å². The smallest absolute Gasteiger partial charge is 0.265 e. The van der Waals surface area contributed by atoms with Crippen molar-refractivity contribution in [3.63, 3.8) is 0 Å². The molecular formula is C20H15FN4O3S2. The maximum absolute atomic E-state index is 13.1. The van der Waals surface area contributed by atoms with Crippen LogP contribution in [0.1, 0.15) is 9.67 Å². The molecule has 4 aromatic rings. The highest BCUT2D eigenvalue weighted by Gasteiger charge is 2.18. The first-order chi connectivity index (χ1) is 14.4. The molecule has 0 aliphatic heterocycles. The Bertz CT molecular complexity index is 1280. The van der Waals surface area contributed by atoms with E-state index in [0.29, 0.717) is 10.6 Å². The molecule has 0 aliphatic carbocycles. The first kappa shape index (κ1) is 19.8. The fraction of sp³-hybridized carbons (Fsp3) is 0. The summed E-state index contributed by atoms with van der Waals surface area (Å²) in [6, 6.07) is 16.2. The molecule has 4 rings (SSSR count). The maximum Gasteiger partial charge on any atom is 0.265 e. The van der Waals surface area contributed by atoms with Gasteiger partial charge in [0.05, 0.1) is 31.7 Å². The van der Waals surface area contributed by atoms with E-state index in [1.807, 2.05) is 0 Å². The summed E-state index contributed by atoms with van der Waals surface area (Å²) in [5.74, 6) is -0.911. The molecule has 152 valence electrons. The molecule has 2 heterocycles. The van der Waals surface area contributed by atoms with Crippen molar-refractivity contribution in [2.24, 2.45) is 0 Å². The van der Waals surface area contributed by atoms with Gasteiger partial charge in [-0.3, -0.25) is 14.6 Å². The Morgan fingerprint density at radius 1 is 0.967 bits per heavy atom. The van der Waals surface area contributed by atoms with Crippen LogP contribution in [0.15, 0.2) is 77.8 Å². The number of carbonyl (C=O) groups is 1. The van der Waals surface area contributed by atoms with Crippen LogP contribution in [0, 0.1) is 5.82 Å². The van der Waals surface area contributed by atoms with E-state index in [4.69, 9.17) is 0 Å². The van der Waals surface area contributed by atoms with Gasteiger partial charge in [0.2, 0.25) is 0 Å². The number of amides is 1. The van der Waals surface area contributed by atoms with Crippen LogP contribution >= 0.6 is 11.3 Å². The van der Waals surface area contributed by atoms with Crippen molar-refractivity contribution in [3.8, 4) is 10.6 Å². The number of hydrogen-bond acceptors (Lipinski definition) is 5. The summed E-state index contributed by atoms with van der Waals surface area (Å²) in [7, 11) is -3.95. The number of H-pyrrole nitrogens is 1. The summed E-state index contributed by atoms with van der Waals surface area (Å²) in [5.41, 5.74) is 1.29. The second-order valence-electron chi connectivity index (χ2n) is 6.19. The van der Waals surface area contributed by atoms with Crippen LogP contribution in [0.5, 0.6) is 0 Å². The van der Waals surface area contributed by atoms with Crippen LogP contribution in [0.4, 0.5) is 15.8 Å². The van der Waals surface area contributed by atoms with E-state index in [1.54, 1.807) is 42.6 Å². The molecule has 0 radical (unpaired) electrons. The zero-order chi connectivity index (χ0) is 21.1. The third-order valence-electron chi connectivity index (χ3n) is 4.14. The summed E-state index contributed by atoms with van der Waals surface area (Å²) in [5, 5.41) is 9.46. The van der Waals surface area contributed by atoms with Crippen molar-refractivity contribution in [2.45, 2.75) is 4.90 Å². The third kappa shape index (κ3) is 4.24. The number of hydrogen-bond donors (Lipinski definition) is 3. The number of halogens is 1. The maximum atomic E-state index is 13.1. The fourth-order valence-corrected chi connectivity index (χ4v) is 4.64. The number of anilines is 2. The molecule has 1 amide bonds. The lowest BCUT2D eigenvalue weighted by Crippen LogP contribution is -2.16. The van der Waals surface area contributed by atoms with Crippen molar-refractivity contribution in [1.29, 1.82) is 0 Å². The number of thiophene rings is 1. The summed E-state index contributed by atoms with van der Waals surface area (Å²) < 4.78 is 40.7. The average molecular weight is 442 g/mol. The van der Waals surface area contributed by atoms with E-state index in [9.17, 15) is 17.6 Å². The number of para-hydroxylation sites is 2. The van der Waals surface area contributed by atoms with Gasteiger partial charge >= 0.3 is 0 Å². The molecule has 0 saturated carbocycles. The second kappa shape index (κ2) is 8.09. The number of carbonyl (C=O) groups excluding carboxylic acids is 1. The number of benzene rings is 2. The summed E-state index contributed by atoms with van der Waals surface area (Å²) >= 11 is 1.28. The van der Waals surface area contributed by atoms with Crippen molar-refractivity contribution in [2.75, 3.05) is 10.0 Å². The molecule has 30 heavy (non-hydrogen) atoms. The Balaban J connectivity index is 1.55. The Hall–Kier alpha value is -3.50. The first-order valence-electron chi connectivity index (χ1n) is 8.71. The standard InChI is InChI=1S/C20H15FN4O3S2/c21-13-5-7-14(8-6-13)30(27,28)25-16-4-2-1-3-15(16)23-20(26)19-10-9-18(29-19)17-11-12-22-24-17/h1-12,25H,(H,22,24)(H,23,26). The lowest BCUT2D eigenvalue weighted by Gasteiger charge is -2.13. The fourth-order valence-electron chi connectivity index (χ4n) is 2.68. The summed E-state index contributed by atoms with van der Waals surface area (Å²) in [4.78, 5) is 13.9. The summed E-state index contributed by atoms with van der Waals surface area (Å²) in [6.07, 6.45) is 1.62. The molecule has 0 saturated heterocycles. The Morgan fingerprint density at radius 2 is 1.70 bits per heavy atom. The van der Waals surface area contributed by atoms with Gasteiger partial charge in [-0.05, 0) is 54.6 Å². The van der Waals surface area contributed by atoms with Gasteiger partial charge in [0.25, 0.3) is 15.9 Å². The third-order valence-corrected chi connectivity index (χ3v) is 6.64. The quantitative estimate of drug-likeness (QED) is 0.413. The predicted octanol–water partition coefficient (Wildman–Crippen LogP) is 4.33. The van der Waals surface area contributed by atoms with E-state index in [1.165, 1.54) is 29.5 Å². The molecular weight excluding hydrogens is 427 g/mol. The molecule has 0 fully saturated rings. The van der Waals surface area contributed by atoms with Gasteiger partial charge in [0, 0.05) is 6.20 Å². The highest BCUT2D eigenvalue weighted by molar-refractivity contribution is 7.92. The Morgan fingerprint density at radius 3 is 2.40 bits per heavy atom. The molecule has 0 spiro atoms. The van der Waals surface area contributed by atoms with Crippen LogP contribution in [0.2, 0.25) is 0 Å². The van der Waals surface area contributed by atoms with Gasteiger partial charge in [-0.1, -0.05) is 12.1 Å².